The lowest BCUT2D eigenvalue weighted by Gasteiger charge is -2.25. The molecular weight excluding hydrogens is 550 g/mol. The maximum atomic E-state index is 11.2. The van der Waals surface area contributed by atoms with E-state index in [9.17, 15) is 9.90 Å². The van der Waals surface area contributed by atoms with E-state index in [1.54, 1.807) is 18.3 Å². The van der Waals surface area contributed by atoms with Crippen LogP contribution in [0.15, 0.2) is 101 Å². The molecular formula is C30H23BrClN3O2. The van der Waals surface area contributed by atoms with Gasteiger partial charge in [0.1, 0.15) is 0 Å². The van der Waals surface area contributed by atoms with Crippen molar-refractivity contribution in [1.29, 1.82) is 0 Å². The lowest BCUT2D eigenvalue weighted by Crippen LogP contribution is -2.25. The van der Waals surface area contributed by atoms with Crippen LogP contribution in [0.2, 0.25) is 5.02 Å². The molecule has 0 bridgehead atoms. The molecule has 0 spiro atoms. The molecule has 4 aromatic rings. The Morgan fingerprint density at radius 3 is 2.65 bits per heavy atom. The van der Waals surface area contributed by atoms with Crippen molar-refractivity contribution < 1.29 is 9.90 Å². The summed E-state index contributed by atoms with van der Waals surface area (Å²) in [7, 11) is 0. The number of benzodiazepines with no additional fused rings is 1. The van der Waals surface area contributed by atoms with Gasteiger partial charge >= 0.3 is 5.97 Å². The third-order valence-electron chi connectivity index (χ3n) is 6.21. The molecule has 1 N–H and O–H groups in total. The highest BCUT2D eigenvalue weighted by Crippen LogP contribution is 2.31. The topological polar surface area (TPSA) is 65.8 Å². The van der Waals surface area contributed by atoms with E-state index in [-0.39, 0.29) is 5.56 Å². The second-order valence-corrected chi connectivity index (χ2v) is 10.0. The first-order valence-corrected chi connectivity index (χ1v) is 12.9. The van der Waals surface area contributed by atoms with E-state index in [0.29, 0.717) is 24.7 Å². The van der Waals surface area contributed by atoms with Crippen molar-refractivity contribution in [3.05, 3.63) is 123 Å². The van der Waals surface area contributed by atoms with Crippen LogP contribution in [-0.2, 0) is 6.54 Å². The van der Waals surface area contributed by atoms with Crippen LogP contribution in [0.5, 0.6) is 0 Å². The summed E-state index contributed by atoms with van der Waals surface area (Å²) in [6.07, 6.45) is 7.76. The lowest BCUT2D eigenvalue weighted by atomic mass is 10.00. The molecule has 1 aliphatic rings. The summed E-state index contributed by atoms with van der Waals surface area (Å²) in [6.45, 7) is 1.95. The van der Waals surface area contributed by atoms with Gasteiger partial charge in [0.2, 0.25) is 0 Å². The summed E-state index contributed by atoms with van der Waals surface area (Å²) >= 11 is 9.98. The van der Waals surface area contributed by atoms with Gasteiger partial charge < -0.3 is 10.0 Å². The molecule has 7 heteroatoms. The van der Waals surface area contributed by atoms with E-state index in [1.165, 1.54) is 0 Å². The Hall–Kier alpha value is -3.74. The second-order valence-electron chi connectivity index (χ2n) is 8.66. The summed E-state index contributed by atoms with van der Waals surface area (Å²) < 4.78 is 1.02. The number of carbonyl (C=O) groups is 1. The zero-order valence-electron chi connectivity index (χ0n) is 19.8. The number of aromatic carboxylic acids is 1. The van der Waals surface area contributed by atoms with Gasteiger partial charge in [0.15, 0.2) is 0 Å². The number of allylic oxidation sites excluding steroid dienone is 1. The standard InChI is InChI=1S/C30H23BrClN3O2/c31-24-3-1-2-22(16-24)26-12-13-33-18-23(26)8-11-28-27-10-9-25(32)17-29(27)35(15-14-34-28)19-20-4-6-21(7-5-20)30(36)37/h1-13,16-18H,14-15,19H2,(H,36,37). The maximum Gasteiger partial charge on any atom is 0.335 e. The average molecular weight is 573 g/mol. The Bertz CT molecular complexity index is 1520. The van der Waals surface area contributed by atoms with Gasteiger partial charge in [0.25, 0.3) is 0 Å². The summed E-state index contributed by atoms with van der Waals surface area (Å²) in [5, 5.41) is 9.85. The third kappa shape index (κ3) is 5.82. The van der Waals surface area contributed by atoms with Gasteiger partial charge in [-0.15, -0.1) is 0 Å². The van der Waals surface area contributed by atoms with Crippen molar-refractivity contribution in [1.82, 2.24) is 4.98 Å². The van der Waals surface area contributed by atoms with Crippen LogP contribution in [-0.4, -0.2) is 34.9 Å². The first kappa shape index (κ1) is 24.9. The van der Waals surface area contributed by atoms with Crippen LogP contribution >= 0.6 is 27.5 Å². The number of hydrogen-bond acceptors (Lipinski definition) is 4. The highest BCUT2D eigenvalue weighted by Gasteiger charge is 2.19. The molecule has 184 valence electrons. The molecule has 0 atom stereocenters. The molecule has 0 unspecified atom stereocenters. The van der Waals surface area contributed by atoms with E-state index in [0.717, 1.165) is 43.7 Å². The Kier molecular flexibility index (Phi) is 7.49. The quantitative estimate of drug-likeness (QED) is 0.262. The minimum atomic E-state index is -0.931. The number of anilines is 1. The first-order valence-electron chi connectivity index (χ1n) is 11.8. The largest absolute Gasteiger partial charge is 0.478 e. The number of fused-ring (bicyclic) bond motifs is 1. The van der Waals surface area contributed by atoms with Gasteiger partial charge in [-0.25, -0.2) is 4.79 Å². The maximum absolute atomic E-state index is 11.2. The number of rotatable bonds is 6. The van der Waals surface area contributed by atoms with Crippen LogP contribution in [0.25, 0.3) is 17.2 Å². The van der Waals surface area contributed by atoms with Gasteiger partial charge in [-0.1, -0.05) is 57.9 Å². The number of pyridine rings is 1. The van der Waals surface area contributed by atoms with Gasteiger partial charge in [0, 0.05) is 51.8 Å². The first-order chi connectivity index (χ1) is 18.0. The molecule has 0 amide bonds. The van der Waals surface area contributed by atoms with Gasteiger partial charge in [-0.05, 0) is 71.3 Å². The summed E-state index contributed by atoms with van der Waals surface area (Å²) in [5.41, 5.74) is 7.34. The van der Waals surface area contributed by atoms with E-state index < -0.39 is 5.97 Å². The van der Waals surface area contributed by atoms with Crippen LogP contribution in [0.1, 0.15) is 27.0 Å². The predicted octanol–water partition coefficient (Wildman–Crippen LogP) is 7.39. The van der Waals surface area contributed by atoms with Crippen molar-refractivity contribution in [2.75, 3.05) is 18.0 Å². The Balaban J connectivity index is 1.46. The zero-order valence-corrected chi connectivity index (χ0v) is 22.2. The number of carboxylic acid groups (broad SMARTS) is 1. The Morgan fingerprint density at radius 2 is 1.86 bits per heavy atom. The van der Waals surface area contributed by atoms with Gasteiger partial charge in [0.05, 0.1) is 17.8 Å². The number of hydrogen-bond donors (Lipinski definition) is 1. The molecule has 0 saturated heterocycles. The van der Waals surface area contributed by atoms with Crippen LogP contribution < -0.4 is 4.90 Å². The molecule has 0 fully saturated rings. The Labute approximate surface area is 228 Å². The third-order valence-corrected chi connectivity index (χ3v) is 6.94. The van der Waals surface area contributed by atoms with Crippen molar-refractivity contribution in [2.24, 2.45) is 4.99 Å². The number of benzene rings is 3. The van der Waals surface area contributed by atoms with Crippen molar-refractivity contribution in [2.45, 2.75) is 6.54 Å². The number of halogens is 2. The minimum absolute atomic E-state index is 0.274. The average Bonchev–Trinajstić information content (AvgIpc) is 3.06. The molecule has 0 saturated carbocycles. The highest BCUT2D eigenvalue weighted by atomic mass is 79.9. The molecule has 3 aromatic carbocycles. The molecule has 37 heavy (non-hydrogen) atoms. The predicted molar refractivity (Wildman–Crippen MR) is 154 cm³/mol. The van der Waals surface area contributed by atoms with Crippen LogP contribution in [0, 0.1) is 0 Å². The summed E-state index contributed by atoms with van der Waals surface area (Å²) in [6, 6.07) is 23.0. The summed E-state index contributed by atoms with van der Waals surface area (Å²) in [5.74, 6) is -0.931. The molecule has 0 radical (unpaired) electrons. The fourth-order valence-electron chi connectivity index (χ4n) is 4.39. The highest BCUT2D eigenvalue weighted by molar-refractivity contribution is 9.10. The van der Waals surface area contributed by atoms with E-state index in [1.807, 2.05) is 60.8 Å². The SMILES string of the molecule is O=C(O)c1ccc(CN2CCN=C(C=Cc3cnccc3-c3cccc(Br)c3)c3ccc(Cl)cc32)cc1. The van der Waals surface area contributed by atoms with E-state index in [2.05, 4.69) is 44.0 Å². The fourth-order valence-corrected chi connectivity index (χ4v) is 4.95. The molecule has 1 aliphatic heterocycles. The van der Waals surface area contributed by atoms with Gasteiger partial charge in [-0.3, -0.25) is 9.98 Å². The van der Waals surface area contributed by atoms with Crippen LogP contribution in [0.3, 0.4) is 0 Å². The summed E-state index contributed by atoms with van der Waals surface area (Å²) in [4.78, 5) is 22.7. The smallest absolute Gasteiger partial charge is 0.335 e. The van der Waals surface area contributed by atoms with E-state index >= 15 is 0 Å². The number of aromatic nitrogens is 1. The second kappa shape index (κ2) is 11.1. The monoisotopic (exact) mass is 571 g/mol. The fraction of sp³-hybridized carbons (Fsp3) is 0.100. The van der Waals surface area contributed by atoms with Crippen molar-refractivity contribution >= 4 is 51.0 Å². The van der Waals surface area contributed by atoms with Crippen LogP contribution in [0.4, 0.5) is 5.69 Å². The number of carboxylic acids is 1. The molecule has 5 rings (SSSR count). The number of aliphatic imine (C=N–C) groups is 1. The lowest BCUT2D eigenvalue weighted by molar-refractivity contribution is 0.0697. The molecule has 1 aromatic heterocycles. The molecule has 0 aliphatic carbocycles. The Morgan fingerprint density at radius 1 is 1.03 bits per heavy atom. The van der Waals surface area contributed by atoms with Crippen molar-refractivity contribution in [3.8, 4) is 11.1 Å². The molecule has 2 heterocycles. The molecule has 5 nitrogen and oxygen atoms in total. The number of nitrogens with zero attached hydrogens (tertiary/aromatic N) is 3. The van der Waals surface area contributed by atoms with Crippen molar-refractivity contribution in [3.63, 3.8) is 0 Å². The van der Waals surface area contributed by atoms with Gasteiger partial charge in [-0.2, -0.15) is 0 Å². The minimum Gasteiger partial charge on any atom is -0.478 e. The zero-order chi connectivity index (χ0) is 25.8. The normalized spacial score (nSPS) is 13.2. The van der Waals surface area contributed by atoms with E-state index in [4.69, 9.17) is 16.6 Å².